The van der Waals surface area contributed by atoms with E-state index in [1.54, 1.807) is 11.3 Å². The van der Waals surface area contributed by atoms with Crippen molar-refractivity contribution in [3.63, 3.8) is 0 Å². The van der Waals surface area contributed by atoms with Crippen LogP contribution >= 0.6 is 35.1 Å². The highest BCUT2D eigenvalue weighted by atomic mass is 35.5. The average Bonchev–Trinajstić information content (AvgIpc) is 3.69. The number of fused-ring (bicyclic) bond motifs is 3. The molecule has 0 aliphatic carbocycles. The number of carbonyl (C=O) groups is 1. The fraction of sp³-hybridized carbons (Fsp3) is 0.250. The second-order valence-corrected chi connectivity index (χ2v) is 10.7. The van der Waals surface area contributed by atoms with Gasteiger partial charge in [0.2, 0.25) is 6.79 Å². The summed E-state index contributed by atoms with van der Waals surface area (Å²) in [5.41, 5.74) is 3.02. The number of halogens is 1. The number of carbonyl (C=O) groups excluding carboxylic acids is 1. The molecule has 0 unspecified atom stereocenters. The van der Waals surface area contributed by atoms with Crippen LogP contribution in [0.15, 0.2) is 60.0 Å². The predicted octanol–water partition coefficient (Wildman–Crippen LogP) is 6.71. The second kappa shape index (κ2) is 11.2. The Hall–Kier alpha value is -3.24. The first kappa shape index (κ1) is 26.4. The summed E-state index contributed by atoms with van der Waals surface area (Å²) in [5, 5.41) is 3.52. The normalized spacial score (nSPS) is 12.3. The summed E-state index contributed by atoms with van der Waals surface area (Å²) in [6.07, 6.45) is 0. The van der Waals surface area contributed by atoms with E-state index in [0.717, 1.165) is 51.3 Å². The lowest BCUT2D eigenvalue weighted by Gasteiger charge is -2.25. The Morgan fingerprint density at radius 3 is 2.50 bits per heavy atom. The number of rotatable bonds is 8. The van der Waals surface area contributed by atoms with E-state index in [2.05, 4.69) is 18.7 Å². The average molecular weight is 567 g/mol. The standard InChI is InChI=1S/C28H26N4O3S2.ClH/c1-3-31(4-2)11-12-32(28-30-22-15-23-24(35-17-34-23)16-26(22)37-28)27(33)19-14-21(25-10-7-13-36-25)29-20-9-6-5-8-18(19)20;/h5-10,13-16H,3-4,11-12,17H2,1-2H3;1H. The number of nitrogens with zero attached hydrogens (tertiary/aromatic N) is 4. The highest BCUT2D eigenvalue weighted by molar-refractivity contribution is 7.22. The minimum atomic E-state index is -0.0809. The van der Waals surface area contributed by atoms with Gasteiger partial charge in [-0.05, 0) is 36.7 Å². The van der Waals surface area contributed by atoms with Crippen LogP contribution in [0.5, 0.6) is 11.5 Å². The molecule has 2 aromatic carbocycles. The number of amides is 1. The Bertz CT molecular complexity index is 1540. The number of ether oxygens (including phenoxy) is 2. The summed E-state index contributed by atoms with van der Waals surface area (Å²) in [6.45, 7) is 7.60. The molecular weight excluding hydrogens is 540 g/mol. The van der Waals surface area contributed by atoms with Crippen LogP contribution in [-0.4, -0.2) is 53.7 Å². The number of pyridine rings is 1. The minimum absolute atomic E-state index is 0. The van der Waals surface area contributed by atoms with Gasteiger partial charge in [0.1, 0.15) is 0 Å². The summed E-state index contributed by atoms with van der Waals surface area (Å²) in [4.78, 5) is 29.2. The van der Waals surface area contributed by atoms with E-state index in [1.165, 1.54) is 11.3 Å². The molecule has 0 atom stereocenters. The third-order valence-corrected chi connectivity index (χ3v) is 8.54. The lowest BCUT2D eigenvalue weighted by atomic mass is 10.1. The van der Waals surface area contributed by atoms with Crippen LogP contribution in [0.3, 0.4) is 0 Å². The van der Waals surface area contributed by atoms with Crippen LogP contribution in [0.25, 0.3) is 31.7 Å². The van der Waals surface area contributed by atoms with Gasteiger partial charge in [0.25, 0.3) is 5.91 Å². The van der Waals surface area contributed by atoms with E-state index in [9.17, 15) is 4.79 Å². The predicted molar refractivity (Wildman–Crippen MR) is 158 cm³/mol. The van der Waals surface area contributed by atoms with Crippen molar-refractivity contribution in [1.29, 1.82) is 0 Å². The SMILES string of the molecule is CCN(CC)CCN(C(=O)c1cc(-c2cccs2)nc2ccccc12)c1nc2cc3c(cc2s1)OCO3.Cl. The van der Waals surface area contributed by atoms with Crippen molar-refractivity contribution in [3.8, 4) is 22.1 Å². The zero-order valence-electron chi connectivity index (χ0n) is 21.0. The van der Waals surface area contributed by atoms with Crippen molar-refractivity contribution in [3.05, 3.63) is 65.5 Å². The fourth-order valence-corrected chi connectivity index (χ4v) is 6.22. The molecule has 196 valence electrons. The van der Waals surface area contributed by atoms with E-state index in [4.69, 9.17) is 19.4 Å². The largest absolute Gasteiger partial charge is 0.454 e. The van der Waals surface area contributed by atoms with Crippen molar-refractivity contribution >= 4 is 67.2 Å². The van der Waals surface area contributed by atoms with Crippen molar-refractivity contribution in [2.24, 2.45) is 0 Å². The molecule has 6 rings (SSSR count). The number of para-hydroxylation sites is 1. The van der Waals surface area contributed by atoms with Crippen molar-refractivity contribution in [1.82, 2.24) is 14.9 Å². The van der Waals surface area contributed by atoms with Crippen LogP contribution < -0.4 is 14.4 Å². The highest BCUT2D eigenvalue weighted by Crippen LogP contribution is 2.40. The maximum absolute atomic E-state index is 14.3. The first-order valence-electron chi connectivity index (χ1n) is 12.3. The Labute approximate surface area is 235 Å². The second-order valence-electron chi connectivity index (χ2n) is 8.70. The third-order valence-electron chi connectivity index (χ3n) is 6.60. The Kier molecular flexibility index (Phi) is 7.80. The topological polar surface area (TPSA) is 67.8 Å². The molecule has 0 bridgehead atoms. The van der Waals surface area contributed by atoms with E-state index in [0.29, 0.717) is 28.7 Å². The molecule has 0 spiro atoms. The quantitative estimate of drug-likeness (QED) is 0.208. The molecule has 0 radical (unpaired) electrons. The molecule has 5 aromatic rings. The number of hydrogen-bond acceptors (Lipinski definition) is 8. The lowest BCUT2D eigenvalue weighted by Crippen LogP contribution is -2.39. The van der Waals surface area contributed by atoms with Gasteiger partial charge in [-0.25, -0.2) is 9.97 Å². The summed E-state index contributed by atoms with van der Waals surface area (Å²) < 4.78 is 12.1. The van der Waals surface area contributed by atoms with Gasteiger partial charge in [-0.2, -0.15) is 0 Å². The van der Waals surface area contributed by atoms with Crippen molar-refractivity contribution in [2.45, 2.75) is 13.8 Å². The van der Waals surface area contributed by atoms with Crippen molar-refractivity contribution < 1.29 is 14.3 Å². The molecule has 0 fully saturated rings. The van der Waals surface area contributed by atoms with Crippen LogP contribution in [0.4, 0.5) is 5.13 Å². The molecule has 0 N–H and O–H groups in total. The molecule has 7 nitrogen and oxygen atoms in total. The Morgan fingerprint density at radius 1 is 0.947 bits per heavy atom. The summed E-state index contributed by atoms with van der Waals surface area (Å²) in [6, 6.07) is 17.6. The smallest absolute Gasteiger partial charge is 0.260 e. The van der Waals surface area contributed by atoms with E-state index < -0.39 is 0 Å². The first-order valence-corrected chi connectivity index (χ1v) is 14.0. The number of thiazole rings is 1. The maximum Gasteiger partial charge on any atom is 0.260 e. The van der Waals surface area contributed by atoms with Gasteiger partial charge in [-0.1, -0.05) is 49.4 Å². The number of benzene rings is 2. The monoisotopic (exact) mass is 566 g/mol. The van der Waals surface area contributed by atoms with Gasteiger partial charge < -0.3 is 14.4 Å². The van der Waals surface area contributed by atoms with Crippen LogP contribution in [0.1, 0.15) is 24.2 Å². The summed E-state index contributed by atoms with van der Waals surface area (Å²) in [5.74, 6) is 1.32. The highest BCUT2D eigenvalue weighted by Gasteiger charge is 2.26. The first-order chi connectivity index (χ1) is 18.1. The number of likely N-dealkylation sites (N-methyl/N-ethyl adjacent to an activating group) is 1. The summed E-state index contributed by atoms with van der Waals surface area (Å²) in [7, 11) is 0. The molecule has 1 aliphatic rings. The van der Waals surface area contributed by atoms with Gasteiger partial charge in [0.15, 0.2) is 16.6 Å². The van der Waals surface area contributed by atoms with Gasteiger partial charge >= 0.3 is 0 Å². The van der Waals surface area contributed by atoms with Gasteiger partial charge in [-0.3, -0.25) is 9.69 Å². The van der Waals surface area contributed by atoms with Crippen LogP contribution in [0, 0.1) is 0 Å². The molecule has 0 saturated heterocycles. The van der Waals surface area contributed by atoms with Crippen molar-refractivity contribution in [2.75, 3.05) is 37.9 Å². The zero-order valence-corrected chi connectivity index (χ0v) is 23.5. The van der Waals surface area contributed by atoms with Gasteiger partial charge in [-0.15, -0.1) is 23.7 Å². The Morgan fingerprint density at radius 2 is 1.74 bits per heavy atom. The van der Waals surface area contributed by atoms with Gasteiger partial charge in [0, 0.05) is 30.6 Å². The summed E-state index contributed by atoms with van der Waals surface area (Å²) >= 11 is 3.11. The number of hydrogen-bond donors (Lipinski definition) is 0. The van der Waals surface area contributed by atoms with Gasteiger partial charge in [0.05, 0.1) is 31.9 Å². The Balaban J connectivity index is 0.00000294. The van der Waals surface area contributed by atoms with Crippen LogP contribution in [0.2, 0.25) is 0 Å². The van der Waals surface area contributed by atoms with E-state index >= 15 is 0 Å². The lowest BCUT2D eigenvalue weighted by molar-refractivity contribution is 0.0985. The third kappa shape index (κ3) is 4.94. The molecule has 1 amide bonds. The molecule has 10 heteroatoms. The number of aromatic nitrogens is 2. The number of thiophene rings is 1. The molecule has 38 heavy (non-hydrogen) atoms. The zero-order chi connectivity index (χ0) is 25.4. The minimum Gasteiger partial charge on any atom is -0.454 e. The van der Waals surface area contributed by atoms with Crippen LogP contribution in [-0.2, 0) is 0 Å². The van der Waals surface area contributed by atoms with E-state index in [-0.39, 0.29) is 25.1 Å². The van der Waals surface area contributed by atoms with E-state index in [1.807, 2.05) is 64.9 Å². The number of anilines is 1. The molecule has 4 heterocycles. The molecule has 3 aromatic heterocycles. The molecular formula is C28H27ClN4O3S2. The molecule has 0 saturated carbocycles. The fourth-order valence-electron chi connectivity index (χ4n) is 4.53. The maximum atomic E-state index is 14.3. The molecule has 1 aliphatic heterocycles.